The Hall–Kier alpha value is -1.66. The Morgan fingerprint density at radius 2 is 2.47 bits per heavy atom. The van der Waals surface area contributed by atoms with Crippen LogP contribution in [0.15, 0.2) is 23.3 Å². The van der Waals surface area contributed by atoms with Crippen LogP contribution in [0, 0.1) is 0 Å². The number of nitrogens with one attached hydrogen (secondary N) is 3. The summed E-state index contributed by atoms with van der Waals surface area (Å²) in [5, 5.41) is 13.3. The van der Waals surface area contributed by atoms with Gasteiger partial charge in [-0.2, -0.15) is 5.10 Å². The molecule has 6 nitrogen and oxygen atoms in total. The summed E-state index contributed by atoms with van der Waals surface area (Å²) in [6.45, 7) is 2.72. The summed E-state index contributed by atoms with van der Waals surface area (Å²) in [5.74, 6) is 0. The van der Waals surface area contributed by atoms with Gasteiger partial charge in [0.15, 0.2) is 0 Å². The third-order valence-corrected chi connectivity index (χ3v) is 2.44. The molecule has 0 aromatic carbocycles. The lowest BCUT2D eigenvalue weighted by atomic mass is 10.2. The molecule has 92 valence electrons. The van der Waals surface area contributed by atoms with Crippen molar-refractivity contribution in [1.29, 1.82) is 0 Å². The van der Waals surface area contributed by atoms with E-state index in [-0.39, 0.29) is 12.2 Å². The Balaban J connectivity index is 1.99. The lowest BCUT2D eigenvalue weighted by Crippen LogP contribution is -2.39. The minimum atomic E-state index is -0.0419. The maximum Gasteiger partial charge on any atom is 0.122 e. The number of ether oxygens (including phenoxy) is 1. The smallest absolute Gasteiger partial charge is 0.122 e. The zero-order chi connectivity index (χ0) is 12.1. The SMILES string of the molecule is COC[C@@H](C)NC1C=C(c2ccn[nH]2)NC=N1. The number of methoxy groups -OCH3 is 1. The van der Waals surface area contributed by atoms with Crippen LogP contribution >= 0.6 is 0 Å². The van der Waals surface area contributed by atoms with Crippen LogP contribution < -0.4 is 10.6 Å². The van der Waals surface area contributed by atoms with Crippen molar-refractivity contribution in [1.82, 2.24) is 20.8 Å². The van der Waals surface area contributed by atoms with E-state index in [4.69, 9.17) is 4.74 Å². The molecule has 0 spiro atoms. The second-order valence-corrected chi connectivity index (χ2v) is 3.94. The van der Waals surface area contributed by atoms with Crippen molar-refractivity contribution in [3.8, 4) is 0 Å². The Morgan fingerprint density at radius 1 is 1.59 bits per heavy atom. The first-order valence-electron chi connectivity index (χ1n) is 5.54. The van der Waals surface area contributed by atoms with E-state index in [9.17, 15) is 0 Å². The van der Waals surface area contributed by atoms with Gasteiger partial charge in [-0.3, -0.25) is 15.4 Å². The van der Waals surface area contributed by atoms with E-state index in [0.29, 0.717) is 6.61 Å². The van der Waals surface area contributed by atoms with Gasteiger partial charge in [0.25, 0.3) is 0 Å². The van der Waals surface area contributed by atoms with Crippen LogP contribution in [0.5, 0.6) is 0 Å². The summed E-state index contributed by atoms with van der Waals surface area (Å²) in [5.41, 5.74) is 1.92. The lowest BCUT2D eigenvalue weighted by molar-refractivity contribution is 0.169. The third kappa shape index (κ3) is 3.15. The molecule has 1 aliphatic heterocycles. The van der Waals surface area contributed by atoms with Crippen molar-refractivity contribution in [2.45, 2.75) is 19.1 Å². The lowest BCUT2D eigenvalue weighted by Gasteiger charge is -2.21. The molecule has 2 atom stereocenters. The number of hydrogen-bond acceptors (Lipinski definition) is 5. The molecule has 6 heteroatoms. The normalized spacial score (nSPS) is 20.8. The molecule has 1 aliphatic rings. The fourth-order valence-electron chi connectivity index (χ4n) is 1.69. The van der Waals surface area contributed by atoms with Crippen LogP contribution in [0.2, 0.25) is 0 Å². The van der Waals surface area contributed by atoms with Crippen LogP contribution in [0.4, 0.5) is 0 Å². The van der Waals surface area contributed by atoms with E-state index in [2.05, 4.69) is 32.7 Å². The zero-order valence-corrected chi connectivity index (χ0v) is 9.97. The van der Waals surface area contributed by atoms with Crippen molar-refractivity contribution in [3.63, 3.8) is 0 Å². The molecule has 0 fully saturated rings. The van der Waals surface area contributed by atoms with Gasteiger partial charge in [-0.05, 0) is 19.1 Å². The quantitative estimate of drug-likeness (QED) is 0.687. The maximum atomic E-state index is 5.08. The van der Waals surface area contributed by atoms with Gasteiger partial charge < -0.3 is 10.1 Å². The molecule has 0 radical (unpaired) electrons. The van der Waals surface area contributed by atoms with E-state index in [0.717, 1.165) is 11.4 Å². The molecule has 2 heterocycles. The predicted molar refractivity (Wildman–Crippen MR) is 66.5 cm³/mol. The molecule has 0 aliphatic carbocycles. The Morgan fingerprint density at radius 3 is 3.18 bits per heavy atom. The Bertz CT molecular complexity index is 398. The highest BCUT2D eigenvalue weighted by molar-refractivity contribution is 5.77. The summed E-state index contributed by atoms with van der Waals surface area (Å²) in [6.07, 6.45) is 5.38. The number of aromatic nitrogens is 2. The largest absolute Gasteiger partial charge is 0.383 e. The fraction of sp³-hybridized carbons (Fsp3) is 0.455. The average Bonchev–Trinajstić information content (AvgIpc) is 2.83. The predicted octanol–water partition coefficient (Wildman–Crippen LogP) is 0.333. The van der Waals surface area contributed by atoms with E-state index >= 15 is 0 Å². The van der Waals surface area contributed by atoms with E-state index < -0.39 is 0 Å². The van der Waals surface area contributed by atoms with Gasteiger partial charge >= 0.3 is 0 Å². The van der Waals surface area contributed by atoms with Gasteiger partial charge in [-0.15, -0.1) is 0 Å². The first kappa shape index (κ1) is 11.8. The van der Waals surface area contributed by atoms with Crippen LogP contribution in [0.25, 0.3) is 5.70 Å². The highest BCUT2D eigenvalue weighted by atomic mass is 16.5. The Labute approximate surface area is 100 Å². The molecule has 1 aromatic heterocycles. The zero-order valence-electron chi connectivity index (χ0n) is 9.97. The number of H-pyrrole nitrogens is 1. The van der Waals surface area contributed by atoms with Crippen molar-refractivity contribution in [2.24, 2.45) is 4.99 Å². The molecule has 1 unspecified atom stereocenters. The highest BCUT2D eigenvalue weighted by Gasteiger charge is 2.13. The van der Waals surface area contributed by atoms with Gasteiger partial charge in [0, 0.05) is 19.3 Å². The van der Waals surface area contributed by atoms with Gasteiger partial charge in [-0.25, -0.2) is 0 Å². The summed E-state index contributed by atoms with van der Waals surface area (Å²) in [7, 11) is 1.69. The van der Waals surface area contributed by atoms with Gasteiger partial charge in [0.2, 0.25) is 0 Å². The summed E-state index contributed by atoms with van der Waals surface area (Å²) in [6, 6.07) is 2.16. The first-order valence-corrected chi connectivity index (χ1v) is 5.54. The minimum Gasteiger partial charge on any atom is -0.383 e. The van der Waals surface area contributed by atoms with Crippen molar-refractivity contribution in [3.05, 3.63) is 24.0 Å². The second-order valence-electron chi connectivity index (χ2n) is 3.94. The number of aromatic amines is 1. The maximum absolute atomic E-state index is 5.08. The van der Waals surface area contributed by atoms with Gasteiger partial charge in [0.1, 0.15) is 6.17 Å². The molecule has 0 bridgehead atoms. The molecule has 1 aromatic rings. The second kappa shape index (κ2) is 5.60. The minimum absolute atomic E-state index is 0.0419. The van der Waals surface area contributed by atoms with E-state index in [1.807, 2.05) is 12.1 Å². The standard InChI is InChI=1S/C11H17N5O/c1-8(6-17-2)15-11-5-10(12-7-13-11)9-3-4-14-16-9/h3-5,7-8,11,15H,6H2,1-2H3,(H,12,13)(H,14,16)/t8-,11?/m1/s1. The number of rotatable bonds is 5. The molecule has 0 amide bonds. The molecular weight excluding hydrogens is 218 g/mol. The van der Waals surface area contributed by atoms with Crippen molar-refractivity contribution in [2.75, 3.05) is 13.7 Å². The van der Waals surface area contributed by atoms with Crippen LogP contribution in [-0.2, 0) is 4.74 Å². The molecule has 0 saturated carbocycles. The summed E-state index contributed by atoms with van der Waals surface area (Å²) in [4.78, 5) is 4.30. The number of aliphatic imine (C=N–C) groups is 1. The monoisotopic (exact) mass is 235 g/mol. The van der Waals surface area contributed by atoms with Crippen LogP contribution in [-0.4, -0.2) is 42.5 Å². The highest BCUT2D eigenvalue weighted by Crippen LogP contribution is 2.11. The number of hydrogen-bond donors (Lipinski definition) is 3. The summed E-state index contributed by atoms with van der Waals surface area (Å²) >= 11 is 0. The third-order valence-electron chi connectivity index (χ3n) is 2.44. The first-order chi connectivity index (χ1) is 8.29. The van der Waals surface area contributed by atoms with Gasteiger partial charge in [0.05, 0.1) is 24.3 Å². The van der Waals surface area contributed by atoms with Crippen LogP contribution in [0.3, 0.4) is 0 Å². The van der Waals surface area contributed by atoms with Crippen molar-refractivity contribution < 1.29 is 4.74 Å². The Kier molecular flexibility index (Phi) is 3.89. The summed E-state index contributed by atoms with van der Waals surface area (Å²) < 4.78 is 5.08. The molecule has 0 saturated heterocycles. The average molecular weight is 235 g/mol. The molecule has 2 rings (SSSR count). The van der Waals surface area contributed by atoms with E-state index in [1.165, 1.54) is 0 Å². The van der Waals surface area contributed by atoms with Crippen molar-refractivity contribution >= 4 is 12.0 Å². The topological polar surface area (TPSA) is 74.3 Å². The number of nitrogens with zero attached hydrogens (tertiary/aromatic N) is 2. The van der Waals surface area contributed by atoms with E-state index in [1.54, 1.807) is 19.6 Å². The molecule has 3 N–H and O–H groups in total. The molecule has 17 heavy (non-hydrogen) atoms. The van der Waals surface area contributed by atoms with Gasteiger partial charge in [-0.1, -0.05) is 0 Å². The van der Waals surface area contributed by atoms with Crippen LogP contribution in [0.1, 0.15) is 12.6 Å². The fourth-order valence-corrected chi connectivity index (χ4v) is 1.69. The molecular formula is C11H17N5O.